The highest BCUT2D eigenvalue weighted by Gasteiger charge is 2.17. The summed E-state index contributed by atoms with van der Waals surface area (Å²) in [6.45, 7) is 4.76. The number of benzene rings is 1. The van der Waals surface area contributed by atoms with Crippen molar-refractivity contribution in [3.63, 3.8) is 0 Å². The minimum absolute atomic E-state index is 0.154. The number of carbonyl (C=O) groups excluding carboxylic acids is 2. The summed E-state index contributed by atoms with van der Waals surface area (Å²) in [6.07, 6.45) is 0. The minimum Gasteiger partial charge on any atom is -0.454 e. The summed E-state index contributed by atoms with van der Waals surface area (Å²) in [5, 5.41) is 7.45. The molecule has 2 N–H and O–H groups in total. The molecule has 126 valence electrons. The Hall–Kier alpha value is -2.61. The molecule has 1 aromatic heterocycles. The Labute approximate surface area is 143 Å². The number of hydrogen-bond acceptors (Lipinski definition) is 6. The van der Waals surface area contributed by atoms with Crippen LogP contribution in [0.1, 0.15) is 34.7 Å². The van der Waals surface area contributed by atoms with Gasteiger partial charge >= 0.3 is 0 Å². The Morgan fingerprint density at radius 3 is 2.83 bits per heavy atom. The number of fused-ring (bicyclic) bond motifs is 1. The molecule has 0 saturated carbocycles. The average Bonchev–Trinajstić information content (AvgIpc) is 3.20. The predicted molar refractivity (Wildman–Crippen MR) is 89.8 cm³/mol. The first-order valence-electron chi connectivity index (χ1n) is 7.47. The van der Waals surface area contributed by atoms with Gasteiger partial charge in [0, 0.05) is 17.5 Å². The summed E-state index contributed by atoms with van der Waals surface area (Å²) >= 11 is 1.20. The Morgan fingerprint density at radius 2 is 2.04 bits per heavy atom. The van der Waals surface area contributed by atoms with E-state index < -0.39 is 0 Å². The summed E-state index contributed by atoms with van der Waals surface area (Å²) in [5.74, 6) is 0.943. The van der Waals surface area contributed by atoms with Gasteiger partial charge in [0.05, 0.1) is 0 Å². The molecule has 0 spiro atoms. The van der Waals surface area contributed by atoms with Gasteiger partial charge < -0.3 is 14.8 Å². The highest BCUT2D eigenvalue weighted by atomic mass is 32.1. The number of thiazole rings is 1. The van der Waals surface area contributed by atoms with E-state index in [9.17, 15) is 9.59 Å². The maximum atomic E-state index is 12.3. The second-order valence-electron chi connectivity index (χ2n) is 5.66. The molecule has 8 heteroatoms. The lowest BCUT2D eigenvalue weighted by Crippen LogP contribution is -2.27. The number of aromatic nitrogens is 1. The molecule has 0 unspecified atom stereocenters. The van der Waals surface area contributed by atoms with Crippen molar-refractivity contribution in [2.45, 2.75) is 13.8 Å². The van der Waals surface area contributed by atoms with Gasteiger partial charge in [-0.3, -0.25) is 14.9 Å². The molecule has 1 aliphatic rings. The largest absolute Gasteiger partial charge is 0.454 e. The summed E-state index contributed by atoms with van der Waals surface area (Å²) in [6, 6.07) is 4.94. The Kier molecular flexibility index (Phi) is 4.66. The molecule has 24 heavy (non-hydrogen) atoms. The number of nitrogens with zero attached hydrogens (tertiary/aromatic N) is 1. The maximum Gasteiger partial charge on any atom is 0.270 e. The van der Waals surface area contributed by atoms with E-state index in [4.69, 9.17) is 9.47 Å². The van der Waals surface area contributed by atoms with Crippen LogP contribution in [0.5, 0.6) is 11.5 Å². The van der Waals surface area contributed by atoms with Gasteiger partial charge in [0.2, 0.25) is 6.79 Å². The second kappa shape index (κ2) is 6.88. The standard InChI is InChI=1S/C16H17N3O4S/c1-9(2)6-17-15(21)11-7-24-16(18-11)19-14(20)10-3-4-12-13(5-10)23-8-22-12/h3-5,7,9H,6,8H2,1-2H3,(H,17,21)(H,18,19,20). The fourth-order valence-corrected chi connectivity index (χ4v) is 2.72. The summed E-state index contributed by atoms with van der Waals surface area (Å²) in [7, 11) is 0. The fourth-order valence-electron chi connectivity index (χ4n) is 2.03. The Balaban J connectivity index is 1.64. The number of anilines is 1. The zero-order valence-electron chi connectivity index (χ0n) is 13.3. The molecule has 0 radical (unpaired) electrons. The third-order valence-electron chi connectivity index (χ3n) is 3.26. The zero-order valence-corrected chi connectivity index (χ0v) is 14.1. The lowest BCUT2D eigenvalue weighted by Gasteiger charge is -2.05. The highest BCUT2D eigenvalue weighted by Crippen LogP contribution is 2.32. The molecule has 0 fully saturated rings. The average molecular weight is 347 g/mol. The molecule has 1 aliphatic heterocycles. The normalized spacial score (nSPS) is 12.3. The Morgan fingerprint density at radius 1 is 1.25 bits per heavy atom. The molecule has 0 saturated heterocycles. The van der Waals surface area contributed by atoms with Gasteiger partial charge in [-0.25, -0.2) is 4.98 Å². The van der Waals surface area contributed by atoms with E-state index in [1.807, 2.05) is 13.8 Å². The topological polar surface area (TPSA) is 89.6 Å². The van der Waals surface area contributed by atoms with Crippen molar-refractivity contribution in [1.82, 2.24) is 10.3 Å². The third-order valence-corrected chi connectivity index (χ3v) is 4.02. The summed E-state index contributed by atoms with van der Waals surface area (Å²) < 4.78 is 10.5. The van der Waals surface area contributed by atoms with E-state index in [-0.39, 0.29) is 18.6 Å². The quantitative estimate of drug-likeness (QED) is 0.867. The second-order valence-corrected chi connectivity index (χ2v) is 6.52. The third kappa shape index (κ3) is 3.65. The van der Waals surface area contributed by atoms with Crippen molar-refractivity contribution in [2.24, 2.45) is 5.92 Å². The Bertz CT molecular complexity index is 772. The van der Waals surface area contributed by atoms with Gasteiger partial charge in [-0.2, -0.15) is 0 Å². The lowest BCUT2D eigenvalue weighted by atomic mass is 10.2. The monoisotopic (exact) mass is 347 g/mol. The number of rotatable bonds is 5. The van der Waals surface area contributed by atoms with Crippen molar-refractivity contribution in [2.75, 3.05) is 18.7 Å². The van der Waals surface area contributed by atoms with E-state index in [0.717, 1.165) is 0 Å². The van der Waals surface area contributed by atoms with Gasteiger partial charge in [-0.1, -0.05) is 13.8 Å². The number of ether oxygens (including phenoxy) is 2. The molecule has 7 nitrogen and oxygen atoms in total. The smallest absolute Gasteiger partial charge is 0.270 e. The summed E-state index contributed by atoms with van der Waals surface area (Å²) in [4.78, 5) is 28.3. The van der Waals surface area contributed by atoms with Gasteiger partial charge in [0.15, 0.2) is 16.6 Å². The molecule has 3 rings (SSSR count). The fraction of sp³-hybridized carbons (Fsp3) is 0.312. The van der Waals surface area contributed by atoms with Crippen LogP contribution in [0, 0.1) is 5.92 Å². The van der Waals surface area contributed by atoms with Crippen LogP contribution in [0.15, 0.2) is 23.6 Å². The number of nitrogens with one attached hydrogen (secondary N) is 2. The molecule has 2 aromatic rings. The molecular formula is C16H17N3O4S. The minimum atomic E-state index is -0.322. The van der Waals surface area contributed by atoms with Crippen LogP contribution in [-0.2, 0) is 0 Å². The predicted octanol–water partition coefficient (Wildman–Crippen LogP) is 2.51. The molecule has 1 aromatic carbocycles. The van der Waals surface area contributed by atoms with Crippen LogP contribution in [0.25, 0.3) is 0 Å². The zero-order chi connectivity index (χ0) is 17.1. The summed E-state index contributed by atoms with van der Waals surface area (Å²) in [5.41, 5.74) is 0.724. The lowest BCUT2D eigenvalue weighted by molar-refractivity contribution is 0.0943. The van der Waals surface area contributed by atoms with Crippen molar-refractivity contribution in [3.8, 4) is 11.5 Å². The van der Waals surface area contributed by atoms with Crippen LogP contribution >= 0.6 is 11.3 Å². The van der Waals surface area contributed by atoms with Gasteiger partial charge in [-0.15, -0.1) is 11.3 Å². The molecule has 2 amide bonds. The SMILES string of the molecule is CC(C)CNC(=O)c1csc(NC(=O)c2ccc3c(c2)OCO3)n1. The van der Waals surface area contributed by atoms with E-state index in [1.54, 1.807) is 23.6 Å². The molecule has 2 heterocycles. The first-order valence-corrected chi connectivity index (χ1v) is 8.35. The van der Waals surface area contributed by atoms with Gasteiger partial charge in [0.25, 0.3) is 11.8 Å². The van der Waals surface area contributed by atoms with E-state index in [1.165, 1.54) is 11.3 Å². The van der Waals surface area contributed by atoms with Crippen LogP contribution in [0.4, 0.5) is 5.13 Å². The maximum absolute atomic E-state index is 12.3. The van der Waals surface area contributed by atoms with E-state index in [0.29, 0.717) is 40.4 Å². The first kappa shape index (κ1) is 16.3. The number of amides is 2. The number of carbonyl (C=O) groups is 2. The van der Waals surface area contributed by atoms with E-state index in [2.05, 4.69) is 15.6 Å². The molecule has 0 atom stereocenters. The van der Waals surface area contributed by atoms with Crippen LogP contribution in [0.2, 0.25) is 0 Å². The first-order chi connectivity index (χ1) is 11.5. The molecule has 0 bridgehead atoms. The van der Waals surface area contributed by atoms with Crippen molar-refractivity contribution in [1.29, 1.82) is 0 Å². The van der Waals surface area contributed by atoms with Crippen LogP contribution in [0.3, 0.4) is 0 Å². The number of hydrogen-bond donors (Lipinski definition) is 2. The van der Waals surface area contributed by atoms with Crippen molar-refractivity contribution in [3.05, 3.63) is 34.8 Å². The van der Waals surface area contributed by atoms with E-state index >= 15 is 0 Å². The van der Waals surface area contributed by atoms with Crippen LogP contribution < -0.4 is 20.1 Å². The highest BCUT2D eigenvalue weighted by molar-refractivity contribution is 7.14. The van der Waals surface area contributed by atoms with Gasteiger partial charge in [0.1, 0.15) is 5.69 Å². The van der Waals surface area contributed by atoms with Crippen molar-refractivity contribution < 1.29 is 19.1 Å². The van der Waals surface area contributed by atoms with Crippen molar-refractivity contribution >= 4 is 28.3 Å². The van der Waals surface area contributed by atoms with Gasteiger partial charge in [-0.05, 0) is 24.1 Å². The molecular weight excluding hydrogens is 330 g/mol. The molecule has 0 aliphatic carbocycles. The van der Waals surface area contributed by atoms with Crippen LogP contribution in [-0.4, -0.2) is 30.1 Å².